The maximum absolute atomic E-state index is 5.96. The summed E-state index contributed by atoms with van der Waals surface area (Å²) in [5.41, 5.74) is 1.17. The van der Waals surface area contributed by atoms with Gasteiger partial charge in [-0.2, -0.15) is 0 Å². The SMILES string of the molecule is CCNC(COc1cccc(Cl)c1)c1ccc(OC)cc1. The summed E-state index contributed by atoms with van der Waals surface area (Å²) in [7, 11) is 1.67. The Balaban J connectivity index is 2.04. The summed E-state index contributed by atoms with van der Waals surface area (Å²) in [5, 5.41) is 4.10. The maximum Gasteiger partial charge on any atom is 0.120 e. The first-order valence-corrected chi connectivity index (χ1v) is 7.36. The van der Waals surface area contributed by atoms with Gasteiger partial charge in [0.25, 0.3) is 0 Å². The van der Waals surface area contributed by atoms with Crippen LogP contribution in [0.1, 0.15) is 18.5 Å². The maximum atomic E-state index is 5.96. The van der Waals surface area contributed by atoms with E-state index >= 15 is 0 Å². The van der Waals surface area contributed by atoms with Crippen molar-refractivity contribution in [2.45, 2.75) is 13.0 Å². The highest BCUT2D eigenvalue weighted by Crippen LogP contribution is 2.21. The van der Waals surface area contributed by atoms with Crippen LogP contribution in [0.15, 0.2) is 48.5 Å². The van der Waals surface area contributed by atoms with Gasteiger partial charge in [0.15, 0.2) is 0 Å². The summed E-state index contributed by atoms with van der Waals surface area (Å²) in [5.74, 6) is 1.63. The van der Waals surface area contributed by atoms with E-state index in [9.17, 15) is 0 Å². The van der Waals surface area contributed by atoms with Gasteiger partial charge < -0.3 is 14.8 Å². The molecule has 2 rings (SSSR count). The van der Waals surface area contributed by atoms with Gasteiger partial charge in [-0.25, -0.2) is 0 Å². The highest BCUT2D eigenvalue weighted by atomic mass is 35.5. The number of halogens is 1. The van der Waals surface area contributed by atoms with Crippen LogP contribution in [0.3, 0.4) is 0 Å². The standard InChI is InChI=1S/C17H20ClNO2/c1-3-19-17(13-7-9-15(20-2)10-8-13)12-21-16-6-4-5-14(18)11-16/h4-11,17,19H,3,12H2,1-2H3. The van der Waals surface area contributed by atoms with Crippen LogP contribution in [0.4, 0.5) is 0 Å². The Hall–Kier alpha value is -1.71. The molecule has 0 saturated heterocycles. The lowest BCUT2D eigenvalue weighted by molar-refractivity contribution is 0.268. The van der Waals surface area contributed by atoms with E-state index in [1.165, 1.54) is 5.56 Å². The monoisotopic (exact) mass is 305 g/mol. The van der Waals surface area contributed by atoms with Crippen molar-refractivity contribution in [1.29, 1.82) is 0 Å². The first-order valence-electron chi connectivity index (χ1n) is 6.98. The lowest BCUT2D eigenvalue weighted by Gasteiger charge is -2.19. The van der Waals surface area contributed by atoms with E-state index in [2.05, 4.69) is 12.2 Å². The summed E-state index contributed by atoms with van der Waals surface area (Å²) in [6.45, 7) is 3.49. The summed E-state index contributed by atoms with van der Waals surface area (Å²) in [4.78, 5) is 0. The van der Waals surface area contributed by atoms with E-state index < -0.39 is 0 Å². The minimum Gasteiger partial charge on any atom is -0.497 e. The molecule has 2 aromatic carbocycles. The summed E-state index contributed by atoms with van der Waals surface area (Å²) < 4.78 is 11.0. The molecule has 1 N–H and O–H groups in total. The molecule has 0 aliphatic carbocycles. The fraction of sp³-hybridized carbons (Fsp3) is 0.294. The third-order valence-corrected chi connectivity index (χ3v) is 3.42. The van der Waals surface area contributed by atoms with Gasteiger partial charge in [-0.3, -0.25) is 0 Å². The van der Waals surface area contributed by atoms with Crippen molar-refractivity contribution < 1.29 is 9.47 Å². The zero-order valence-electron chi connectivity index (χ0n) is 12.3. The quantitative estimate of drug-likeness (QED) is 0.836. The van der Waals surface area contributed by atoms with Crippen molar-refractivity contribution in [3.05, 3.63) is 59.1 Å². The fourth-order valence-corrected chi connectivity index (χ4v) is 2.27. The molecule has 0 heterocycles. The number of nitrogens with one attached hydrogen (secondary N) is 1. The van der Waals surface area contributed by atoms with E-state index in [4.69, 9.17) is 21.1 Å². The van der Waals surface area contributed by atoms with Crippen molar-refractivity contribution in [3.8, 4) is 11.5 Å². The van der Waals surface area contributed by atoms with Crippen LogP contribution in [0.2, 0.25) is 5.02 Å². The molecule has 21 heavy (non-hydrogen) atoms. The van der Waals surface area contributed by atoms with E-state index in [0.717, 1.165) is 18.0 Å². The highest BCUT2D eigenvalue weighted by Gasteiger charge is 2.11. The Kier molecular flexibility index (Phi) is 5.90. The highest BCUT2D eigenvalue weighted by molar-refractivity contribution is 6.30. The Morgan fingerprint density at radius 1 is 1.10 bits per heavy atom. The first-order chi connectivity index (χ1) is 10.2. The van der Waals surface area contributed by atoms with Crippen molar-refractivity contribution in [2.75, 3.05) is 20.3 Å². The number of hydrogen-bond donors (Lipinski definition) is 1. The molecule has 1 atom stereocenters. The van der Waals surface area contributed by atoms with Crippen LogP contribution in [-0.2, 0) is 0 Å². The second-order valence-electron chi connectivity index (χ2n) is 4.65. The van der Waals surface area contributed by atoms with Crippen LogP contribution in [-0.4, -0.2) is 20.3 Å². The molecule has 0 saturated carbocycles. The van der Waals surface area contributed by atoms with Crippen LogP contribution >= 0.6 is 11.6 Å². The van der Waals surface area contributed by atoms with Gasteiger partial charge in [0.05, 0.1) is 13.2 Å². The summed E-state index contributed by atoms with van der Waals surface area (Å²) >= 11 is 5.96. The van der Waals surface area contributed by atoms with Crippen LogP contribution in [0.25, 0.3) is 0 Å². The third kappa shape index (κ3) is 4.66. The van der Waals surface area contributed by atoms with Gasteiger partial charge in [-0.1, -0.05) is 36.7 Å². The number of rotatable bonds is 7. The van der Waals surface area contributed by atoms with Crippen molar-refractivity contribution in [2.24, 2.45) is 0 Å². The molecule has 0 bridgehead atoms. The number of methoxy groups -OCH3 is 1. The molecule has 0 radical (unpaired) electrons. The Labute approximate surface area is 130 Å². The van der Waals surface area contributed by atoms with Gasteiger partial charge in [0.1, 0.15) is 18.1 Å². The molecule has 0 aromatic heterocycles. The molecular formula is C17H20ClNO2. The first kappa shape index (κ1) is 15.7. The second-order valence-corrected chi connectivity index (χ2v) is 5.09. The molecule has 2 aromatic rings. The predicted octanol–water partition coefficient (Wildman–Crippen LogP) is 4.08. The van der Waals surface area contributed by atoms with E-state index in [0.29, 0.717) is 11.6 Å². The summed E-state index contributed by atoms with van der Waals surface area (Å²) in [6, 6.07) is 15.6. The molecule has 0 aliphatic heterocycles. The van der Waals surface area contributed by atoms with Crippen molar-refractivity contribution in [1.82, 2.24) is 5.32 Å². The summed E-state index contributed by atoms with van der Waals surface area (Å²) in [6.07, 6.45) is 0. The number of ether oxygens (including phenoxy) is 2. The van der Waals surface area contributed by atoms with Gasteiger partial charge in [0, 0.05) is 5.02 Å². The molecule has 4 heteroatoms. The normalized spacial score (nSPS) is 12.0. The van der Waals surface area contributed by atoms with Gasteiger partial charge in [-0.15, -0.1) is 0 Å². The van der Waals surface area contributed by atoms with Gasteiger partial charge >= 0.3 is 0 Å². The zero-order valence-corrected chi connectivity index (χ0v) is 13.1. The number of hydrogen-bond acceptors (Lipinski definition) is 3. The third-order valence-electron chi connectivity index (χ3n) is 3.18. The molecule has 1 unspecified atom stereocenters. The Morgan fingerprint density at radius 3 is 2.48 bits per heavy atom. The minimum atomic E-state index is 0.125. The number of likely N-dealkylation sites (N-methyl/N-ethyl adjacent to an activating group) is 1. The molecule has 3 nitrogen and oxygen atoms in total. The smallest absolute Gasteiger partial charge is 0.120 e. The van der Waals surface area contributed by atoms with Crippen LogP contribution in [0, 0.1) is 0 Å². The average molecular weight is 306 g/mol. The van der Waals surface area contributed by atoms with Crippen LogP contribution in [0.5, 0.6) is 11.5 Å². The van der Waals surface area contributed by atoms with Crippen molar-refractivity contribution >= 4 is 11.6 Å². The predicted molar refractivity (Wildman–Crippen MR) is 86.4 cm³/mol. The van der Waals surface area contributed by atoms with E-state index in [-0.39, 0.29) is 6.04 Å². The fourth-order valence-electron chi connectivity index (χ4n) is 2.09. The minimum absolute atomic E-state index is 0.125. The number of benzene rings is 2. The average Bonchev–Trinajstić information content (AvgIpc) is 2.52. The van der Waals surface area contributed by atoms with Crippen molar-refractivity contribution in [3.63, 3.8) is 0 Å². The molecular weight excluding hydrogens is 286 g/mol. The largest absolute Gasteiger partial charge is 0.497 e. The second kappa shape index (κ2) is 7.91. The van der Waals surface area contributed by atoms with Crippen LogP contribution < -0.4 is 14.8 Å². The molecule has 0 spiro atoms. The zero-order chi connectivity index (χ0) is 15.1. The molecule has 0 amide bonds. The van der Waals surface area contributed by atoms with Gasteiger partial charge in [0.2, 0.25) is 0 Å². The van der Waals surface area contributed by atoms with E-state index in [1.54, 1.807) is 7.11 Å². The lowest BCUT2D eigenvalue weighted by Crippen LogP contribution is -2.26. The molecule has 112 valence electrons. The Morgan fingerprint density at radius 2 is 1.86 bits per heavy atom. The Bertz CT molecular complexity index is 557. The molecule has 0 fully saturated rings. The van der Waals surface area contributed by atoms with E-state index in [1.807, 2.05) is 48.5 Å². The topological polar surface area (TPSA) is 30.5 Å². The molecule has 0 aliphatic rings. The van der Waals surface area contributed by atoms with Gasteiger partial charge in [-0.05, 0) is 42.4 Å². The lowest BCUT2D eigenvalue weighted by atomic mass is 10.1.